The molecule has 16 heavy (non-hydrogen) atoms. The van der Waals surface area contributed by atoms with Crippen molar-refractivity contribution in [2.75, 3.05) is 7.05 Å². The Hall–Kier alpha value is -1.80. The maximum absolute atomic E-state index is 5.82. The van der Waals surface area contributed by atoms with Crippen LogP contribution in [0.1, 0.15) is 6.99 Å². The van der Waals surface area contributed by atoms with Gasteiger partial charge in [0.15, 0.2) is 0 Å². The average Bonchev–Trinajstić information content (AvgIpc) is 2.33. The van der Waals surface area contributed by atoms with E-state index >= 15 is 0 Å². The highest BCUT2D eigenvalue weighted by atomic mass is 16.5. The third-order valence-electron chi connectivity index (χ3n) is 2.31. The molecule has 0 fully saturated rings. The van der Waals surface area contributed by atoms with Crippen LogP contribution < -0.4 is 10.1 Å². The summed E-state index contributed by atoms with van der Waals surface area (Å²) >= 11 is 0. The van der Waals surface area contributed by atoms with Gasteiger partial charge in [-0.3, -0.25) is 0 Å². The van der Waals surface area contributed by atoms with Crippen LogP contribution in [0.15, 0.2) is 54.6 Å². The number of hydrogen-bond acceptors (Lipinski definition) is 2. The predicted molar refractivity (Wildman–Crippen MR) is 67.8 cm³/mol. The van der Waals surface area contributed by atoms with Gasteiger partial charge in [0.05, 0.1) is 0 Å². The molecule has 1 N–H and O–H groups in total. The van der Waals surface area contributed by atoms with Gasteiger partial charge in [0.1, 0.15) is 11.5 Å². The summed E-state index contributed by atoms with van der Waals surface area (Å²) in [5.41, 5.74) is 1.16. The maximum Gasteiger partial charge on any atom is 0.131 e. The molecule has 0 saturated carbocycles. The summed E-state index contributed by atoms with van der Waals surface area (Å²) in [4.78, 5) is 0. The van der Waals surface area contributed by atoms with Crippen molar-refractivity contribution < 1.29 is 6.16 Å². The fourth-order valence-electron chi connectivity index (χ4n) is 1.56. The van der Waals surface area contributed by atoms with Crippen LogP contribution >= 0.6 is 0 Å². The largest absolute Gasteiger partial charge is 0.457 e. The zero-order valence-corrected chi connectivity index (χ0v) is 9.31. The van der Waals surface area contributed by atoms with Crippen molar-refractivity contribution in [1.82, 2.24) is 5.32 Å². The summed E-state index contributed by atoms with van der Waals surface area (Å²) < 4.78 is 5.82. The monoisotopic (exact) mass is 215 g/mol. The number of hydrogen-bond donors (Lipinski definition) is 1. The second-order valence-corrected chi connectivity index (χ2v) is 3.55. The minimum Gasteiger partial charge on any atom is -0.457 e. The summed E-state index contributed by atoms with van der Waals surface area (Å²) in [7, 11) is 1.93. The standard InChI is InChI=1S/C14H15NO.H2/c1-15-11-12-7-5-6-10-14(12)16-13-8-3-2-4-9-13;/h2-10,15H,11H2,1H3;1H. The van der Waals surface area contributed by atoms with Gasteiger partial charge in [-0.15, -0.1) is 0 Å². The molecule has 0 aromatic heterocycles. The Balaban J connectivity index is 0.00000144. The van der Waals surface area contributed by atoms with Crippen LogP contribution in [0.4, 0.5) is 0 Å². The number of ether oxygens (including phenoxy) is 1. The first kappa shape index (κ1) is 10.7. The van der Waals surface area contributed by atoms with Crippen LogP contribution in [0, 0.1) is 0 Å². The summed E-state index contributed by atoms with van der Waals surface area (Å²) in [6.07, 6.45) is 0. The zero-order chi connectivity index (χ0) is 11.2. The normalized spacial score (nSPS) is 10.1. The van der Waals surface area contributed by atoms with Crippen molar-refractivity contribution in [1.29, 1.82) is 0 Å². The average molecular weight is 215 g/mol. The minimum absolute atomic E-state index is 0. The molecule has 0 spiro atoms. The van der Waals surface area contributed by atoms with E-state index in [-0.39, 0.29) is 1.43 Å². The SMILES string of the molecule is CNCc1ccccc1Oc1ccccc1.[HH]. The molecule has 2 nitrogen and oxygen atoms in total. The highest BCUT2D eigenvalue weighted by molar-refractivity contribution is 5.37. The lowest BCUT2D eigenvalue weighted by Crippen LogP contribution is -2.06. The van der Waals surface area contributed by atoms with Crippen LogP contribution in [-0.4, -0.2) is 7.05 Å². The zero-order valence-electron chi connectivity index (χ0n) is 9.31. The molecular formula is C14H17NO. The fraction of sp³-hybridized carbons (Fsp3) is 0.143. The molecule has 84 valence electrons. The fourth-order valence-corrected chi connectivity index (χ4v) is 1.56. The molecule has 2 heteroatoms. The van der Waals surface area contributed by atoms with E-state index in [1.807, 2.05) is 55.6 Å². The minimum atomic E-state index is 0. The van der Waals surface area contributed by atoms with Crippen molar-refractivity contribution >= 4 is 0 Å². The van der Waals surface area contributed by atoms with Gasteiger partial charge in [-0.1, -0.05) is 36.4 Å². The van der Waals surface area contributed by atoms with Crippen LogP contribution in [-0.2, 0) is 6.54 Å². The van der Waals surface area contributed by atoms with Crippen molar-refractivity contribution in [3.05, 3.63) is 60.2 Å². The summed E-state index contributed by atoms with van der Waals surface area (Å²) in [6, 6.07) is 17.9. The highest BCUT2D eigenvalue weighted by Crippen LogP contribution is 2.24. The van der Waals surface area contributed by atoms with Crippen molar-refractivity contribution in [3.8, 4) is 11.5 Å². The van der Waals surface area contributed by atoms with Gasteiger partial charge >= 0.3 is 0 Å². The van der Waals surface area contributed by atoms with E-state index in [0.717, 1.165) is 23.6 Å². The van der Waals surface area contributed by atoms with Crippen molar-refractivity contribution in [2.45, 2.75) is 6.54 Å². The summed E-state index contributed by atoms with van der Waals surface area (Å²) in [5.74, 6) is 1.77. The molecule has 2 aromatic rings. The predicted octanol–water partition coefficient (Wildman–Crippen LogP) is 3.44. The Labute approximate surface area is 97.4 Å². The van der Waals surface area contributed by atoms with Crippen molar-refractivity contribution in [2.24, 2.45) is 0 Å². The molecule has 2 rings (SSSR count). The van der Waals surface area contributed by atoms with Crippen LogP contribution in [0.25, 0.3) is 0 Å². The number of para-hydroxylation sites is 2. The molecule has 0 heterocycles. The topological polar surface area (TPSA) is 21.3 Å². The number of rotatable bonds is 4. The Morgan fingerprint density at radius 2 is 1.69 bits per heavy atom. The first-order chi connectivity index (χ1) is 7.90. The smallest absolute Gasteiger partial charge is 0.131 e. The lowest BCUT2D eigenvalue weighted by atomic mass is 10.2. The van der Waals surface area contributed by atoms with Crippen LogP contribution in [0.2, 0.25) is 0 Å². The van der Waals surface area contributed by atoms with E-state index < -0.39 is 0 Å². The molecule has 0 saturated heterocycles. The Kier molecular flexibility index (Phi) is 3.57. The lowest BCUT2D eigenvalue weighted by molar-refractivity contribution is 0.474. The molecule has 2 aromatic carbocycles. The molecular weight excluding hydrogens is 198 g/mol. The Bertz CT molecular complexity index is 445. The molecule has 0 aliphatic carbocycles. The van der Waals surface area contributed by atoms with E-state index in [2.05, 4.69) is 11.4 Å². The van der Waals surface area contributed by atoms with E-state index in [1.165, 1.54) is 0 Å². The van der Waals surface area contributed by atoms with Gasteiger partial charge in [-0.25, -0.2) is 0 Å². The van der Waals surface area contributed by atoms with Gasteiger partial charge in [0, 0.05) is 13.5 Å². The lowest BCUT2D eigenvalue weighted by Gasteiger charge is -2.10. The van der Waals surface area contributed by atoms with E-state index in [0.29, 0.717) is 0 Å². The first-order valence-corrected chi connectivity index (χ1v) is 5.35. The molecule has 0 unspecified atom stereocenters. The molecule has 0 amide bonds. The highest BCUT2D eigenvalue weighted by Gasteiger charge is 2.02. The van der Waals surface area contributed by atoms with Gasteiger partial charge in [-0.05, 0) is 25.2 Å². The van der Waals surface area contributed by atoms with E-state index in [9.17, 15) is 0 Å². The van der Waals surface area contributed by atoms with Crippen LogP contribution in [0.5, 0.6) is 11.5 Å². The van der Waals surface area contributed by atoms with E-state index in [4.69, 9.17) is 4.74 Å². The van der Waals surface area contributed by atoms with Crippen LogP contribution in [0.3, 0.4) is 0 Å². The molecule has 0 aliphatic heterocycles. The van der Waals surface area contributed by atoms with E-state index in [1.54, 1.807) is 0 Å². The molecule has 0 aliphatic rings. The summed E-state index contributed by atoms with van der Waals surface area (Å²) in [5, 5.41) is 3.13. The Morgan fingerprint density at radius 3 is 2.44 bits per heavy atom. The van der Waals surface area contributed by atoms with Gasteiger partial charge in [0.25, 0.3) is 0 Å². The quantitative estimate of drug-likeness (QED) is 0.843. The van der Waals surface area contributed by atoms with Crippen molar-refractivity contribution in [3.63, 3.8) is 0 Å². The van der Waals surface area contributed by atoms with Gasteiger partial charge in [-0.2, -0.15) is 0 Å². The number of benzene rings is 2. The molecule has 0 bridgehead atoms. The second kappa shape index (κ2) is 5.33. The molecule has 0 atom stereocenters. The maximum atomic E-state index is 5.82. The Morgan fingerprint density at radius 1 is 1.00 bits per heavy atom. The summed E-state index contributed by atoms with van der Waals surface area (Å²) in [6.45, 7) is 0.809. The molecule has 0 radical (unpaired) electrons. The van der Waals surface area contributed by atoms with Gasteiger partial charge < -0.3 is 10.1 Å². The second-order valence-electron chi connectivity index (χ2n) is 3.55. The van der Waals surface area contributed by atoms with Gasteiger partial charge in [0.2, 0.25) is 0 Å². The number of nitrogens with one attached hydrogen (secondary N) is 1. The third kappa shape index (κ3) is 2.61. The first-order valence-electron chi connectivity index (χ1n) is 5.35. The third-order valence-corrected chi connectivity index (χ3v) is 2.31.